The molecule has 0 aliphatic carbocycles. The third kappa shape index (κ3) is 6.14. The van der Waals surface area contributed by atoms with E-state index in [-0.39, 0.29) is 18.6 Å². The Hall–Kier alpha value is -2.49. The van der Waals surface area contributed by atoms with Crippen LogP contribution in [0.25, 0.3) is 0 Å². The van der Waals surface area contributed by atoms with Crippen molar-refractivity contribution >= 4 is 11.6 Å². The number of nitrogens with one attached hydrogen (secondary N) is 1. The van der Waals surface area contributed by atoms with Crippen molar-refractivity contribution in [3.05, 3.63) is 54.1 Å². The average Bonchev–Trinajstić information content (AvgIpc) is 2.60. The number of rotatable bonds is 8. The highest BCUT2D eigenvalue weighted by atomic mass is 16.5. The molecule has 2 aromatic carbocycles. The predicted octanol–water partition coefficient (Wildman–Crippen LogP) is 5.00. The molecule has 4 heteroatoms. The van der Waals surface area contributed by atoms with Gasteiger partial charge in [-0.05, 0) is 49.1 Å². The molecule has 4 nitrogen and oxygen atoms in total. The molecule has 1 unspecified atom stereocenters. The summed E-state index contributed by atoms with van der Waals surface area (Å²) in [5, 5.41) is 2.83. The normalized spacial score (nSPS) is 11.9. The van der Waals surface area contributed by atoms with E-state index in [4.69, 9.17) is 9.47 Å². The quantitative estimate of drug-likeness (QED) is 0.734. The van der Waals surface area contributed by atoms with Crippen molar-refractivity contribution in [3.8, 4) is 11.5 Å². The van der Waals surface area contributed by atoms with Crippen molar-refractivity contribution in [1.82, 2.24) is 0 Å². The Labute approximate surface area is 150 Å². The highest BCUT2D eigenvalue weighted by Gasteiger charge is 2.07. The van der Waals surface area contributed by atoms with Crippen LogP contribution in [0.15, 0.2) is 48.5 Å². The minimum atomic E-state index is -0.200. The van der Waals surface area contributed by atoms with Gasteiger partial charge in [-0.25, -0.2) is 0 Å². The molecule has 0 saturated heterocycles. The highest BCUT2D eigenvalue weighted by molar-refractivity contribution is 5.92. The van der Waals surface area contributed by atoms with Crippen LogP contribution >= 0.6 is 0 Å². The number of anilines is 1. The average molecular weight is 341 g/mol. The van der Waals surface area contributed by atoms with Crippen molar-refractivity contribution in [3.63, 3.8) is 0 Å². The lowest BCUT2D eigenvalue weighted by molar-refractivity contribution is -0.118. The molecule has 0 aliphatic rings. The van der Waals surface area contributed by atoms with Gasteiger partial charge in [-0.3, -0.25) is 4.79 Å². The number of amides is 1. The number of benzene rings is 2. The third-order valence-electron chi connectivity index (χ3n) is 3.95. The number of carbonyl (C=O) groups excluding carboxylic acids is 1. The lowest BCUT2D eigenvalue weighted by atomic mass is 10.0. The summed E-state index contributed by atoms with van der Waals surface area (Å²) >= 11 is 0. The zero-order valence-corrected chi connectivity index (χ0v) is 15.4. The second kappa shape index (κ2) is 9.11. The Bertz CT molecular complexity index is 680. The van der Waals surface area contributed by atoms with Crippen LogP contribution in [-0.2, 0) is 4.79 Å². The molecule has 2 aromatic rings. The van der Waals surface area contributed by atoms with Crippen LogP contribution in [-0.4, -0.2) is 18.6 Å². The Kier molecular flexibility index (Phi) is 6.87. The highest BCUT2D eigenvalue weighted by Crippen LogP contribution is 2.20. The first-order valence-electron chi connectivity index (χ1n) is 8.77. The van der Waals surface area contributed by atoms with Crippen molar-refractivity contribution in [2.24, 2.45) is 0 Å². The first kappa shape index (κ1) is 18.8. The molecule has 0 radical (unpaired) electrons. The fourth-order valence-corrected chi connectivity index (χ4v) is 2.26. The summed E-state index contributed by atoms with van der Waals surface area (Å²) in [6.45, 7) is 8.34. The van der Waals surface area contributed by atoms with Gasteiger partial charge in [0, 0.05) is 11.8 Å². The number of hydrogen-bond donors (Lipinski definition) is 1. The third-order valence-corrected chi connectivity index (χ3v) is 3.95. The van der Waals surface area contributed by atoms with Gasteiger partial charge < -0.3 is 14.8 Å². The smallest absolute Gasteiger partial charge is 0.262 e. The maximum Gasteiger partial charge on any atom is 0.262 e. The maximum atomic E-state index is 12.1. The molecular weight excluding hydrogens is 314 g/mol. The molecule has 134 valence electrons. The molecule has 1 atom stereocenters. The van der Waals surface area contributed by atoms with E-state index in [1.54, 1.807) is 0 Å². The van der Waals surface area contributed by atoms with Crippen LogP contribution in [0, 0.1) is 0 Å². The van der Waals surface area contributed by atoms with E-state index in [1.165, 1.54) is 5.56 Å². The Morgan fingerprint density at radius 3 is 2.40 bits per heavy atom. The van der Waals surface area contributed by atoms with Crippen LogP contribution in [0.4, 0.5) is 5.69 Å². The van der Waals surface area contributed by atoms with E-state index >= 15 is 0 Å². The fourth-order valence-electron chi connectivity index (χ4n) is 2.26. The summed E-state index contributed by atoms with van der Waals surface area (Å²) in [6.07, 6.45) is 1.07. The van der Waals surface area contributed by atoms with Crippen molar-refractivity contribution in [1.29, 1.82) is 0 Å². The topological polar surface area (TPSA) is 47.6 Å². The van der Waals surface area contributed by atoms with Crippen molar-refractivity contribution in [2.45, 2.75) is 46.1 Å². The van der Waals surface area contributed by atoms with E-state index in [1.807, 2.05) is 55.5 Å². The molecule has 0 bridgehead atoms. The number of hydrogen-bond acceptors (Lipinski definition) is 3. The minimum absolute atomic E-state index is 0.0303. The van der Waals surface area contributed by atoms with E-state index < -0.39 is 0 Å². The lowest BCUT2D eigenvalue weighted by Crippen LogP contribution is -2.20. The van der Waals surface area contributed by atoms with Gasteiger partial charge in [0.2, 0.25) is 0 Å². The predicted molar refractivity (Wildman–Crippen MR) is 101 cm³/mol. The van der Waals surface area contributed by atoms with Gasteiger partial charge in [-0.15, -0.1) is 0 Å². The van der Waals surface area contributed by atoms with Gasteiger partial charge in [0.1, 0.15) is 11.5 Å². The molecule has 1 N–H and O–H groups in total. The van der Waals surface area contributed by atoms with E-state index in [0.29, 0.717) is 17.4 Å². The zero-order valence-electron chi connectivity index (χ0n) is 15.4. The van der Waals surface area contributed by atoms with Gasteiger partial charge in [0.15, 0.2) is 6.61 Å². The van der Waals surface area contributed by atoms with Crippen LogP contribution < -0.4 is 14.8 Å². The Balaban J connectivity index is 1.86. The standard InChI is InChI=1S/C21H27NO3/c1-5-16(4)25-20-8-6-7-18(13-20)22-21(23)14-24-19-11-9-17(10-12-19)15(2)3/h6-13,15-16H,5,14H2,1-4H3,(H,22,23). The van der Waals surface area contributed by atoms with Crippen molar-refractivity contribution in [2.75, 3.05) is 11.9 Å². The minimum Gasteiger partial charge on any atom is -0.491 e. The SMILES string of the molecule is CCC(C)Oc1cccc(NC(=O)COc2ccc(C(C)C)cc2)c1. The summed E-state index contributed by atoms with van der Waals surface area (Å²) in [5.41, 5.74) is 1.94. The molecule has 25 heavy (non-hydrogen) atoms. The molecular formula is C21H27NO3. The Morgan fingerprint density at radius 1 is 1.04 bits per heavy atom. The van der Waals surface area contributed by atoms with Crippen LogP contribution in [0.1, 0.15) is 45.6 Å². The zero-order chi connectivity index (χ0) is 18.2. The first-order valence-corrected chi connectivity index (χ1v) is 8.77. The summed E-state index contributed by atoms with van der Waals surface area (Å²) in [5.74, 6) is 1.71. The first-order chi connectivity index (χ1) is 12.0. The Morgan fingerprint density at radius 2 is 1.76 bits per heavy atom. The van der Waals surface area contributed by atoms with Gasteiger partial charge in [0.05, 0.1) is 6.10 Å². The monoisotopic (exact) mass is 341 g/mol. The van der Waals surface area contributed by atoms with E-state index in [9.17, 15) is 4.79 Å². The van der Waals surface area contributed by atoms with Crippen molar-refractivity contribution < 1.29 is 14.3 Å². The van der Waals surface area contributed by atoms with Gasteiger partial charge >= 0.3 is 0 Å². The second-order valence-corrected chi connectivity index (χ2v) is 6.43. The molecule has 0 heterocycles. The summed E-state index contributed by atoms with van der Waals surface area (Å²) in [4.78, 5) is 12.1. The van der Waals surface area contributed by atoms with E-state index in [2.05, 4.69) is 26.1 Å². The fraction of sp³-hybridized carbons (Fsp3) is 0.381. The summed E-state index contributed by atoms with van der Waals surface area (Å²) in [7, 11) is 0. The molecule has 0 aliphatic heterocycles. The maximum absolute atomic E-state index is 12.1. The van der Waals surface area contributed by atoms with E-state index in [0.717, 1.165) is 12.2 Å². The number of carbonyl (C=O) groups is 1. The molecule has 0 spiro atoms. The molecule has 0 aromatic heterocycles. The van der Waals surface area contributed by atoms with Gasteiger partial charge in [-0.1, -0.05) is 39.0 Å². The largest absolute Gasteiger partial charge is 0.491 e. The molecule has 0 saturated carbocycles. The van der Waals surface area contributed by atoms with Gasteiger partial charge in [-0.2, -0.15) is 0 Å². The lowest BCUT2D eigenvalue weighted by Gasteiger charge is -2.14. The van der Waals surface area contributed by atoms with Gasteiger partial charge in [0.25, 0.3) is 5.91 Å². The van der Waals surface area contributed by atoms with Crippen LogP contribution in [0.3, 0.4) is 0 Å². The summed E-state index contributed by atoms with van der Waals surface area (Å²) < 4.78 is 11.3. The molecule has 0 fully saturated rings. The molecule has 2 rings (SSSR count). The van der Waals surface area contributed by atoms with Crippen LogP contribution in [0.5, 0.6) is 11.5 Å². The summed E-state index contributed by atoms with van der Waals surface area (Å²) in [6, 6.07) is 15.2. The van der Waals surface area contributed by atoms with Crippen LogP contribution in [0.2, 0.25) is 0 Å². The number of ether oxygens (including phenoxy) is 2. The second-order valence-electron chi connectivity index (χ2n) is 6.43. The molecule has 1 amide bonds.